The molecular formula is C40H39B15O. The van der Waals surface area contributed by atoms with E-state index in [0.29, 0.717) is 0 Å². The summed E-state index contributed by atoms with van der Waals surface area (Å²) in [6, 6.07) is 20.5. The van der Waals surface area contributed by atoms with E-state index in [1.165, 1.54) is 158 Å². The lowest BCUT2D eigenvalue weighted by Gasteiger charge is -2.30. The van der Waals surface area contributed by atoms with E-state index < -0.39 is 0 Å². The van der Waals surface area contributed by atoms with E-state index in [4.69, 9.17) is 4.42 Å². The first-order valence-corrected chi connectivity index (χ1v) is 20.4. The zero-order valence-electron chi connectivity index (χ0n) is 36.1. The van der Waals surface area contributed by atoms with E-state index in [9.17, 15) is 0 Å². The fraction of sp³-hybridized carbons (Fsp3) is 0. The molecular weight excluding hydrogens is 659 g/mol. The van der Waals surface area contributed by atoms with E-state index in [1.807, 2.05) is 0 Å². The molecule has 0 fully saturated rings. The molecule has 1 aromatic heterocycles. The fourth-order valence-corrected chi connectivity index (χ4v) is 10.6. The zero-order valence-corrected chi connectivity index (χ0v) is 36.1. The van der Waals surface area contributed by atoms with Gasteiger partial charge in [-0.25, -0.2) is 0 Å². The molecule has 16 heteroatoms. The molecule has 0 aliphatic carbocycles. The van der Waals surface area contributed by atoms with Crippen LogP contribution in [0.4, 0.5) is 0 Å². The number of fused-ring (bicyclic) bond motifs is 8. The monoisotopic (exact) mass is 700 g/mol. The molecule has 0 amide bonds. The summed E-state index contributed by atoms with van der Waals surface area (Å²) in [6.45, 7) is 0. The van der Waals surface area contributed by atoms with Crippen molar-refractivity contribution in [3.05, 3.63) is 54.6 Å². The first-order chi connectivity index (χ1) is 26.6. The highest BCUT2D eigenvalue weighted by atomic mass is 16.3. The zero-order chi connectivity index (χ0) is 40.0. The van der Waals surface area contributed by atoms with Crippen molar-refractivity contribution in [2.24, 2.45) is 0 Å². The highest BCUT2D eigenvalue weighted by Gasteiger charge is 2.29. The minimum Gasteiger partial charge on any atom is -0.457 e. The van der Waals surface area contributed by atoms with Crippen LogP contribution in [0.5, 0.6) is 0 Å². The lowest BCUT2D eigenvalue weighted by Crippen LogP contribution is -2.50. The van der Waals surface area contributed by atoms with Gasteiger partial charge >= 0.3 is 0 Å². The fourth-order valence-electron chi connectivity index (χ4n) is 10.6. The Morgan fingerprint density at radius 1 is 0.286 bits per heavy atom. The van der Waals surface area contributed by atoms with E-state index in [0.717, 1.165) is 11.2 Å². The van der Waals surface area contributed by atoms with E-state index in [2.05, 4.69) is 172 Å². The van der Waals surface area contributed by atoms with Crippen molar-refractivity contribution in [2.45, 2.75) is 0 Å². The lowest BCUT2D eigenvalue weighted by molar-refractivity contribution is 0.675. The Bertz CT molecular complexity index is 3230. The van der Waals surface area contributed by atoms with Crippen LogP contribution in [0, 0.1) is 0 Å². The van der Waals surface area contributed by atoms with Crippen LogP contribution in [-0.2, 0) is 0 Å². The highest BCUT2D eigenvalue weighted by molar-refractivity contribution is 6.73. The van der Waals surface area contributed by atoms with E-state index >= 15 is 0 Å². The van der Waals surface area contributed by atoms with Crippen LogP contribution in [0.3, 0.4) is 0 Å². The van der Waals surface area contributed by atoms with Gasteiger partial charge in [-0.2, -0.15) is 0 Å². The standard InChI is InChI=1S/C40H39B15O/c41-24-21(29(46)37(54)39-22(24)23-30(47)35(52)36(53)38(55)40(23)56-39)16-19-17(25(42)31(48)33(50)27(19)44)15(18-20(16)28(45)34(51)32(49)26(18)43)14-9-10-5-1-2-6-11(10)12-7-3-4-8-13(12)14/h1-9H,41-55H2. The van der Waals surface area contributed by atoms with Gasteiger partial charge in [0.1, 0.15) is 129 Å². The summed E-state index contributed by atoms with van der Waals surface area (Å²) in [5.41, 5.74) is 27.6. The molecule has 0 radical (unpaired) electrons. The van der Waals surface area contributed by atoms with Crippen LogP contribution in [0.2, 0.25) is 0 Å². The Kier molecular flexibility index (Phi) is 8.49. The van der Waals surface area contributed by atoms with Crippen LogP contribution in [0.15, 0.2) is 59.0 Å². The Morgan fingerprint density at radius 2 is 0.661 bits per heavy atom. The van der Waals surface area contributed by atoms with Crippen LogP contribution in [0.1, 0.15) is 0 Å². The van der Waals surface area contributed by atoms with E-state index in [1.54, 1.807) is 0 Å². The molecule has 0 aliphatic heterocycles. The van der Waals surface area contributed by atoms with Crippen molar-refractivity contribution in [3.8, 4) is 22.3 Å². The molecule has 56 heavy (non-hydrogen) atoms. The first kappa shape index (κ1) is 37.2. The molecule has 0 aliphatic rings. The Hall–Kier alpha value is -4.43. The number of furan rings is 1. The molecule has 250 valence electrons. The largest absolute Gasteiger partial charge is 0.457 e. The minimum atomic E-state index is 1.03. The summed E-state index contributed by atoms with van der Waals surface area (Å²) in [6.07, 6.45) is 0. The molecule has 0 unspecified atom stereocenters. The SMILES string of the molecule is Bc1c(B)c(B)c2c(oc3c(B)c(B)c(-c4c5c(B)c(B)c(B)c(B)c5c(-c5cc6ccccc6c6ccccc56)c5c(B)c(B)c(B)c(B)c45)c(B)c32)c1B. The average Bonchev–Trinajstić information content (AvgIpc) is 3.62. The third-order valence-corrected chi connectivity index (χ3v) is 15.0. The molecule has 9 aromatic rings. The number of rotatable bonds is 2. The Labute approximate surface area is 344 Å². The predicted octanol–water partition coefficient (Wildman–Crippen LogP) is -14.6. The van der Waals surface area contributed by atoms with Crippen molar-refractivity contribution in [2.75, 3.05) is 0 Å². The normalized spacial score (nSPS) is 11.9. The Balaban J connectivity index is 1.63. The van der Waals surface area contributed by atoms with Gasteiger partial charge in [-0.15, -0.1) is 27.3 Å². The van der Waals surface area contributed by atoms with Crippen molar-refractivity contribution < 1.29 is 4.42 Å². The molecule has 0 bridgehead atoms. The summed E-state index contributed by atoms with van der Waals surface area (Å²) in [7, 11) is 34.9. The first-order valence-electron chi connectivity index (χ1n) is 20.4. The van der Waals surface area contributed by atoms with Gasteiger partial charge < -0.3 is 4.42 Å². The third kappa shape index (κ3) is 4.71. The number of hydrogen-bond donors (Lipinski definition) is 0. The highest BCUT2D eigenvalue weighted by Crippen LogP contribution is 2.44. The lowest BCUT2D eigenvalue weighted by atomic mass is 9.58. The van der Waals surface area contributed by atoms with Crippen LogP contribution < -0.4 is 81.9 Å². The molecule has 0 saturated heterocycles. The number of hydrogen-bond acceptors (Lipinski definition) is 1. The summed E-state index contributed by atoms with van der Waals surface area (Å²) >= 11 is 0. The van der Waals surface area contributed by atoms with Gasteiger partial charge in [0.25, 0.3) is 0 Å². The quantitative estimate of drug-likeness (QED) is 0.0996. The molecule has 0 saturated carbocycles. The minimum absolute atomic E-state index is 1.03. The maximum Gasteiger partial charge on any atom is 0.143 e. The van der Waals surface area contributed by atoms with Crippen LogP contribution >= 0.6 is 0 Å². The smallest absolute Gasteiger partial charge is 0.143 e. The molecule has 0 atom stereocenters. The van der Waals surface area contributed by atoms with E-state index in [-0.39, 0.29) is 0 Å². The molecule has 9 rings (SSSR count). The van der Waals surface area contributed by atoms with Gasteiger partial charge in [0.15, 0.2) is 0 Å². The average molecular weight is 698 g/mol. The molecule has 1 nitrogen and oxygen atoms in total. The molecule has 8 aromatic carbocycles. The summed E-state index contributed by atoms with van der Waals surface area (Å²) < 4.78 is 6.97. The van der Waals surface area contributed by atoms with Crippen molar-refractivity contribution in [3.63, 3.8) is 0 Å². The molecule has 0 spiro atoms. The molecule has 1 heterocycles. The third-order valence-electron chi connectivity index (χ3n) is 15.0. The van der Waals surface area contributed by atoms with Gasteiger partial charge in [-0.3, -0.25) is 0 Å². The predicted molar refractivity (Wildman–Crippen MR) is 297 cm³/mol. The summed E-state index contributed by atoms with van der Waals surface area (Å²) in [5, 5.41) is 13.3. The van der Waals surface area contributed by atoms with Gasteiger partial charge in [0.2, 0.25) is 0 Å². The second-order valence-electron chi connectivity index (χ2n) is 17.2. The number of benzene rings is 8. The maximum atomic E-state index is 6.97. The second kappa shape index (κ2) is 12.8. The van der Waals surface area contributed by atoms with Crippen LogP contribution in [-0.4, -0.2) is 118 Å². The van der Waals surface area contributed by atoms with Gasteiger partial charge in [-0.05, 0) is 71.4 Å². The van der Waals surface area contributed by atoms with Crippen molar-refractivity contribution >= 4 is 265 Å². The maximum absolute atomic E-state index is 6.97. The Morgan fingerprint density at radius 3 is 1.18 bits per heavy atom. The van der Waals surface area contributed by atoms with Crippen molar-refractivity contribution in [1.29, 1.82) is 0 Å². The van der Waals surface area contributed by atoms with Crippen LogP contribution in [0.25, 0.3) is 87.3 Å². The van der Waals surface area contributed by atoms with Gasteiger partial charge in [-0.1, -0.05) is 103 Å². The summed E-state index contributed by atoms with van der Waals surface area (Å²) in [4.78, 5) is 0. The summed E-state index contributed by atoms with van der Waals surface area (Å²) in [5.74, 6) is 0. The second-order valence-corrected chi connectivity index (χ2v) is 17.2. The van der Waals surface area contributed by atoms with Crippen molar-refractivity contribution in [1.82, 2.24) is 0 Å². The molecule has 0 N–H and O–H groups in total. The van der Waals surface area contributed by atoms with Gasteiger partial charge in [0, 0.05) is 10.8 Å². The van der Waals surface area contributed by atoms with Gasteiger partial charge in [0.05, 0.1) is 0 Å². The topological polar surface area (TPSA) is 13.1 Å².